The SMILES string of the molecule is COc1cccc(-c2cc(C(=O)Nc3cnn(Cc4c(F)cc(F)c(F)c4F)c3)[nH]n2)c1. The third-order valence-corrected chi connectivity index (χ3v) is 4.61. The van der Waals surface area contributed by atoms with E-state index < -0.39 is 41.3 Å². The summed E-state index contributed by atoms with van der Waals surface area (Å²) in [4.78, 5) is 12.5. The molecule has 0 bridgehead atoms. The lowest BCUT2D eigenvalue weighted by molar-refractivity contribution is 0.102. The first kappa shape index (κ1) is 21.1. The van der Waals surface area contributed by atoms with E-state index in [9.17, 15) is 22.4 Å². The molecule has 7 nitrogen and oxygen atoms in total. The second-order valence-corrected chi connectivity index (χ2v) is 6.73. The molecule has 1 amide bonds. The maximum Gasteiger partial charge on any atom is 0.273 e. The third kappa shape index (κ3) is 4.17. The summed E-state index contributed by atoms with van der Waals surface area (Å²) < 4.78 is 60.4. The van der Waals surface area contributed by atoms with Crippen LogP contribution in [0.5, 0.6) is 5.75 Å². The van der Waals surface area contributed by atoms with Crippen molar-refractivity contribution in [3.8, 4) is 17.0 Å². The van der Waals surface area contributed by atoms with Gasteiger partial charge in [0, 0.05) is 23.4 Å². The van der Waals surface area contributed by atoms with Gasteiger partial charge >= 0.3 is 0 Å². The van der Waals surface area contributed by atoms with E-state index in [1.165, 1.54) is 19.5 Å². The second-order valence-electron chi connectivity index (χ2n) is 6.73. The van der Waals surface area contributed by atoms with Gasteiger partial charge in [-0.15, -0.1) is 0 Å². The van der Waals surface area contributed by atoms with Gasteiger partial charge in [-0.25, -0.2) is 17.6 Å². The van der Waals surface area contributed by atoms with Gasteiger partial charge in [0.15, 0.2) is 17.5 Å². The van der Waals surface area contributed by atoms with Crippen molar-refractivity contribution in [1.82, 2.24) is 20.0 Å². The highest BCUT2D eigenvalue weighted by Crippen LogP contribution is 2.23. The number of anilines is 1. The molecule has 0 aliphatic rings. The number of rotatable bonds is 6. The Labute approximate surface area is 178 Å². The van der Waals surface area contributed by atoms with Crippen molar-refractivity contribution >= 4 is 11.6 Å². The number of methoxy groups -OCH3 is 1. The Morgan fingerprint density at radius 2 is 1.94 bits per heavy atom. The van der Waals surface area contributed by atoms with Crippen molar-refractivity contribution in [3.63, 3.8) is 0 Å². The van der Waals surface area contributed by atoms with Crippen LogP contribution >= 0.6 is 0 Å². The van der Waals surface area contributed by atoms with E-state index in [1.807, 2.05) is 0 Å². The quantitative estimate of drug-likeness (QED) is 0.265. The smallest absolute Gasteiger partial charge is 0.273 e. The fourth-order valence-electron chi connectivity index (χ4n) is 2.99. The van der Waals surface area contributed by atoms with Gasteiger partial charge < -0.3 is 10.1 Å². The zero-order chi connectivity index (χ0) is 22.8. The number of benzene rings is 2. The van der Waals surface area contributed by atoms with Gasteiger partial charge in [-0.3, -0.25) is 14.6 Å². The van der Waals surface area contributed by atoms with Gasteiger partial charge in [-0.1, -0.05) is 12.1 Å². The maximum absolute atomic E-state index is 13.9. The molecule has 0 atom stereocenters. The Morgan fingerprint density at radius 1 is 1.12 bits per heavy atom. The summed E-state index contributed by atoms with van der Waals surface area (Å²) in [5.74, 6) is -6.16. The van der Waals surface area contributed by atoms with Gasteiger partial charge in [0.25, 0.3) is 5.91 Å². The van der Waals surface area contributed by atoms with E-state index >= 15 is 0 Å². The number of amides is 1. The summed E-state index contributed by atoms with van der Waals surface area (Å²) in [6, 6.07) is 8.94. The van der Waals surface area contributed by atoms with Crippen LogP contribution in [-0.4, -0.2) is 33.0 Å². The molecule has 0 radical (unpaired) electrons. The van der Waals surface area contributed by atoms with Crippen LogP contribution < -0.4 is 10.1 Å². The molecule has 11 heteroatoms. The van der Waals surface area contributed by atoms with Gasteiger partial charge in [-0.2, -0.15) is 10.2 Å². The standard InChI is InChI=1S/C21H15F4N5O2/c1-32-13-4-2-3-11(5-13)17-7-18(29-28-17)21(31)27-12-8-26-30(9-12)10-14-15(22)6-16(23)20(25)19(14)24/h2-9H,10H2,1H3,(H,27,31)(H,28,29). The van der Waals surface area contributed by atoms with Crippen LogP contribution in [0.2, 0.25) is 0 Å². The van der Waals surface area contributed by atoms with Crippen molar-refractivity contribution in [1.29, 1.82) is 0 Å². The molecule has 2 heterocycles. The lowest BCUT2D eigenvalue weighted by Gasteiger charge is -2.06. The highest BCUT2D eigenvalue weighted by atomic mass is 19.2. The zero-order valence-electron chi connectivity index (χ0n) is 16.5. The Morgan fingerprint density at radius 3 is 2.72 bits per heavy atom. The number of hydrogen-bond donors (Lipinski definition) is 2. The topological polar surface area (TPSA) is 84.8 Å². The van der Waals surface area contributed by atoms with Gasteiger partial charge in [0.1, 0.15) is 17.3 Å². The molecule has 0 aliphatic heterocycles. The van der Waals surface area contributed by atoms with E-state index in [2.05, 4.69) is 20.6 Å². The van der Waals surface area contributed by atoms with Crippen molar-refractivity contribution in [2.75, 3.05) is 12.4 Å². The van der Waals surface area contributed by atoms with E-state index in [4.69, 9.17) is 4.74 Å². The largest absolute Gasteiger partial charge is 0.497 e. The first-order valence-corrected chi connectivity index (χ1v) is 9.21. The number of hydrogen-bond acceptors (Lipinski definition) is 4. The lowest BCUT2D eigenvalue weighted by atomic mass is 10.1. The van der Waals surface area contributed by atoms with E-state index in [-0.39, 0.29) is 17.4 Å². The summed E-state index contributed by atoms with van der Waals surface area (Å²) in [5, 5.41) is 13.2. The van der Waals surface area contributed by atoms with Gasteiger partial charge in [0.05, 0.1) is 31.2 Å². The molecule has 0 aliphatic carbocycles. The Bertz CT molecular complexity index is 1300. The molecule has 2 N–H and O–H groups in total. The second kappa shape index (κ2) is 8.53. The van der Waals surface area contributed by atoms with Crippen LogP contribution in [-0.2, 0) is 6.54 Å². The maximum atomic E-state index is 13.9. The summed E-state index contributed by atoms with van der Waals surface area (Å²) in [5.41, 5.74) is 0.947. The highest BCUT2D eigenvalue weighted by molar-refractivity contribution is 6.03. The molecule has 4 aromatic rings. The molecular formula is C21H15F4N5O2. The number of carbonyl (C=O) groups excluding carboxylic acids is 1. The van der Waals surface area contributed by atoms with Crippen molar-refractivity contribution in [3.05, 3.63) is 83.3 Å². The van der Waals surface area contributed by atoms with Crippen LogP contribution in [0.15, 0.2) is 48.8 Å². The Kier molecular flexibility index (Phi) is 5.63. The summed E-state index contributed by atoms with van der Waals surface area (Å²) in [6.07, 6.45) is 2.53. The average Bonchev–Trinajstić information content (AvgIpc) is 3.45. The fourth-order valence-corrected chi connectivity index (χ4v) is 2.99. The van der Waals surface area contributed by atoms with Crippen molar-refractivity contribution < 1.29 is 27.1 Å². The molecule has 0 unspecified atom stereocenters. The molecule has 2 aromatic heterocycles. The Balaban J connectivity index is 1.47. The molecule has 0 spiro atoms. The minimum Gasteiger partial charge on any atom is -0.497 e. The van der Waals surface area contributed by atoms with Crippen molar-refractivity contribution in [2.24, 2.45) is 0 Å². The number of nitrogens with one attached hydrogen (secondary N) is 2. The van der Waals surface area contributed by atoms with Crippen LogP contribution in [0.1, 0.15) is 16.1 Å². The minimum atomic E-state index is -1.77. The van der Waals surface area contributed by atoms with Crippen LogP contribution in [0, 0.1) is 23.3 Å². The van der Waals surface area contributed by atoms with Crippen molar-refractivity contribution in [2.45, 2.75) is 6.54 Å². The number of carbonyl (C=O) groups is 1. The van der Waals surface area contributed by atoms with Gasteiger partial charge in [0.2, 0.25) is 0 Å². The normalized spacial score (nSPS) is 10.9. The number of aromatic amines is 1. The molecule has 164 valence electrons. The van der Waals surface area contributed by atoms with E-state index in [1.54, 1.807) is 30.3 Å². The first-order valence-electron chi connectivity index (χ1n) is 9.21. The van der Waals surface area contributed by atoms with Crippen LogP contribution in [0.3, 0.4) is 0 Å². The van der Waals surface area contributed by atoms with Crippen LogP contribution in [0.4, 0.5) is 23.2 Å². The lowest BCUT2D eigenvalue weighted by Crippen LogP contribution is -2.12. The average molecular weight is 445 g/mol. The van der Waals surface area contributed by atoms with Crippen LogP contribution in [0.25, 0.3) is 11.3 Å². The molecule has 32 heavy (non-hydrogen) atoms. The minimum absolute atomic E-state index is 0.160. The molecule has 0 saturated heterocycles. The molecular weight excluding hydrogens is 430 g/mol. The number of aromatic nitrogens is 4. The molecule has 0 saturated carbocycles. The highest BCUT2D eigenvalue weighted by Gasteiger charge is 2.20. The molecule has 2 aromatic carbocycles. The predicted octanol–water partition coefficient (Wildman–Crippen LogP) is 4.14. The number of H-pyrrole nitrogens is 1. The summed E-state index contributed by atoms with van der Waals surface area (Å²) in [7, 11) is 1.54. The monoisotopic (exact) mass is 445 g/mol. The van der Waals surface area contributed by atoms with E-state index in [0.717, 1.165) is 10.2 Å². The molecule has 0 fully saturated rings. The zero-order valence-corrected chi connectivity index (χ0v) is 16.5. The fraction of sp³-hybridized carbons (Fsp3) is 0.0952. The molecule has 4 rings (SSSR count). The Hall–Kier alpha value is -4.15. The number of nitrogens with zero attached hydrogens (tertiary/aromatic N) is 3. The third-order valence-electron chi connectivity index (χ3n) is 4.61. The summed E-state index contributed by atoms with van der Waals surface area (Å²) in [6.45, 7) is -0.505. The summed E-state index contributed by atoms with van der Waals surface area (Å²) >= 11 is 0. The van der Waals surface area contributed by atoms with Gasteiger partial charge in [-0.05, 0) is 18.2 Å². The van der Waals surface area contributed by atoms with E-state index in [0.29, 0.717) is 11.4 Å². The number of halogens is 4. The number of ether oxygens (including phenoxy) is 1. The predicted molar refractivity (Wildman–Crippen MR) is 106 cm³/mol. The first-order chi connectivity index (χ1) is 15.4.